The van der Waals surface area contributed by atoms with Crippen molar-refractivity contribution in [1.29, 1.82) is 0 Å². The van der Waals surface area contributed by atoms with Crippen LogP contribution in [0.3, 0.4) is 0 Å². The van der Waals surface area contributed by atoms with Gasteiger partial charge in [0.05, 0.1) is 12.1 Å². The molecular weight excluding hydrogens is 240 g/mol. The Hall–Kier alpha value is -2.10. The highest BCUT2D eigenvalue weighted by molar-refractivity contribution is 5.89. The maximum Gasteiger partial charge on any atom is 0.338 e. The third-order valence-electron chi connectivity index (χ3n) is 2.84. The zero-order chi connectivity index (χ0) is 13.7. The minimum Gasteiger partial charge on any atom is -0.460 e. The van der Waals surface area contributed by atoms with Gasteiger partial charge in [-0.3, -0.25) is 0 Å². The molecule has 4 heteroatoms. The van der Waals surface area contributed by atoms with Gasteiger partial charge in [-0.2, -0.15) is 0 Å². The summed E-state index contributed by atoms with van der Waals surface area (Å²) < 4.78 is 7.27. The Bertz CT molecular complexity index is 532. The van der Waals surface area contributed by atoms with Crippen LogP contribution in [-0.2, 0) is 11.3 Å². The number of ether oxygens (including phenoxy) is 1. The van der Waals surface area contributed by atoms with Crippen molar-refractivity contribution in [3.05, 3.63) is 54.1 Å². The number of aromatic nitrogens is 2. The summed E-state index contributed by atoms with van der Waals surface area (Å²) in [4.78, 5) is 16.0. The fraction of sp³-hybridized carbons (Fsp3) is 0.333. The van der Waals surface area contributed by atoms with Gasteiger partial charge in [-0.15, -0.1) is 0 Å². The van der Waals surface area contributed by atoms with Crippen molar-refractivity contribution in [2.24, 2.45) is 0 Å². The van der Waals surface area contributed by atoms with Crippen molar-refractivity contribution < 1.29 is 9.53 Å². The fourth-order valence-corrected chi connectivity index (χ4v) is 1.90. The standard InChI is InChI=1S/C15H18N2O2/c1-12(2)14-16-8-9-17(14)10-11-19-15(18)13-6-4-3-5-7-13/h3-9,12H,10-11H2,1-2H3. The van der Waals surface area contributed by atoms with E-state index >= 15 is 0 Å². The highest BCUT2D eigenvalue weighted by atomic mass is 16.5. The van der Waals surface area contributed by atoms with Crippen molar-refractivity contribution in [1.82, 2.24) is 9.55 Å². The number of imidazole rings is 1. The summed E-state index contributed by atoms with van der Waals surface area (Å²) in [6, 6.07) is 9.02. The van der Waals surface area contributed by atoms with Gasteiger partial charge in [0.2, 0.25) is 0 Å². The van der Waals surface area contributed by atoms with Crippen LogP contribution in [0.25, 0.3) is 0 Å². The van der Waals surface area contributed by atoms with Crippen molar-refractivity contribution in [2.45, 2.75) is 26.3 Å². The Morgan fingerprint density at radius 2 is 2.05 bits per heavy atom. The Balaban J connectivity index is 1.87. The Morgan fingerprint density at radius 3 is 2.74 bits per heavy atom. The molecule has 0 fully saturated rings. The molecular formula is C15H18N2O2. The summed E-state index contributed by atoms with van der Waals surface area (Å²) in [6.07, 6.45) is 3.68. The third kappa shape index (κ3) is 3.44. The number of hydrogen-bond donors (Lipinski definition) is 0. The molecule has 1 heterocycles. The summed E-state index contributed by atoms with van der Waals surface area (Å²) in [5.41, 5.74) is 0.581. The topological polar surface area (TPSA) is 44.1 Å². The molecule has 0 aliphatic rings. The molecule has 1 aromatic heterocycles. The molecule has 4 nitrogen and oxygen atoms in total. The maximum absolute atomic E-state index is 11.7. The Kier molecular flexibility index (Phi) is 4.34. The second-order valence-corrected chi connectivity index (χ2v) is 4.64. The molecule has 0 bridgehead atoms. The maximum atomic E-state index is 11.7. The highest BCUT2D eigenvalue weighted by Gasteiger charge is 2.09. The van der Waals surface area contributed by atoms with Crippen LogP contribution >= 0.6 is 0 Å². The van der Waals surface area contributed by atoms with E-state index in [-0.39, 0.29) is 5.97 Å². The molecule has 100 valence electrons. The zero-order valence-electron chi connectivity index (χ0n) is 11.2. The van der Waals surface area contributed by atoms with Gasteiger partial charge in [-0.05, 0) is 12.1 Å². The van der Waals surface area contributed by atoms with E-state index in [0.717, 1.165) is 5.82 Å². The van der Waals surface area contributed by atoms with Crippen LogP contribution < -0.4 is 0 Å². The summed E-state index contributed by atoms with van der Waals surface area (Å²) in [6.45, 7) is 5.17. The predicted molar refractivity (Wildman–Crippen MR) is 73.0 cm³/mol. The van der Waals surface area contributed by atoms with E-state index < -0.39 is 0 Å². The first-order chi connectivity index (χ1) is 9.18. The second-order valence-electron chi connectivity index (χ2n) is 4.64. The van der Waals surface area contributed by atoms with Crippen molar-refractivity contribution in [2.75, 3.05) is 6.61 Å². The predicted octanol–water partition coefficient (Wildman–Crippen LogP) is 2.86. The van der Waals surface area contributed by atoms with Crippen molar-refractivity contribution in [3.63, 3.8) is 0 Å². The molecule has 1 aromatic carbocycles. The lowest BCUT2D eigenvalue weighted by Crippen LogP contribution is -2.13. The SMILES string of the molecule is CC(C)c1nccn1CCOC(=O)c1ccccc1. The van der Waals surface area contributed by atoms with Gasteiger partial charge in [0.15, 0.2) is 0 Å². The lowest BCUT2D eigenvalue weighted by molar-refractivity contribution is 0.0490. The molecule has 0 atom stereocenters. The molecule has 0 aliphatic carbocycles. The van der Waals surface area contributed by atoms with E-state index in [9.17, 15) is 4.79 Å². The molecule has 0 N–H and O–H groups in total. The minimum atomic E-state index is -0.285. The van der Waals surface area contributed by atoms with Gasteiger partial charge in [0.1, 0.15) is 12.4 Å². The van der Waals surface area contributed by atoms with Gasteiger partial charge in [-0.1, -0.05) is 32.0 Å². The van der Waals surface area contributed by atoms with Crippen LogP contribution in [0.1, 0.15) is 35.9 Å². The summed E-state index contributed by atoms with van der Waals surface area (Å²) in [7, 11) is 0. The van der Waals surface area contributed by atoms with Crippen LogP contribution in [0.4, 0.5) is 0 Å². The van der Waals surface area contributed by atoms with Gasteiger partial charge >= 0.3 is 5.97 Å². The van der Waals surface area contributed by atoms with Crippen LogP contribution in [0.2, 0.25) is 0 Å². The molecule has 19 heavy (non-hydrogen) atoms. The smallest absolute Gasteiger partial charge is 0.338 e. The van der Waals surface area contributed by atoms with Crippen LogP contribution in [0.15, 0.2) is 42.7 Å². The largest absolute Gasteiger partial charge is 0.460 e. The van der Waals surface area contributed by atoms with Gasteiger partial charge < -0.3 is 9.30 Å². The van der Waals surface area contributed by atoms with Gasteiger partial charge in [0, 0.05) is 18.3 Å². The number of benzene rings is 1. The first kappa shape index (κ1) is 13.3. The first-order valence-electron chi connectivity index (χ1n) is 6.41. The molecule has 0 amide bonds. The monoisotopic (exact) mass is 258 g/mol. The van der Waals surface area contributed by atoms with Crippen molar-refractivity contribution in [3.8, 4) is 0 Å². The van der Waals surface area contributed by atoms with E-state index in [4.69, 9.17) is 4.74 Å². The van der Waals surface area contributed by atoms with E-state index in [1.54, 1.807) is 18.3 Å². The third-order valence-corrected chi connectivity index (χ3v) is 2.84. The molecule has 2 rings (SSSR count). The fourth-order valence-electron chi connectivity index (χ4n) is 1.90. The van der Waals surface area contributed by atoms with Gasteiger partial charge in [0.25, 0.3) is 0 Å². The minimum absolute atomic E-state index is 0.285. The molecule has 0 radical (unpaired) electrons. The second kappa shape index (κ2) is 6.18. The molecule has 0 saturated carbocycles. The van der Waals surface area contributed by atoms with E-state index in [2.05, 4.69) is 18.8 Å². The Labute approximate surface area is 113 Å². The zero-order valence-corrected chi connectivity index (χ0v) is 11.2. The summed E-state index contributed by atoms with van der Waals surface area (Å²) in [5.74, 6) is 1.09. The first-order valence-corrected chi connectivity index (χ1v) is 6.41. The normalized spacial score (nSPS) is 10.7. The molecule has 0 saturated heterocycles. The lowest BCUT2D eigenvalue weighted by Gasteiger charge is -2.10. The Morgan fingerprint density at radius 1 is 1.32 bits per heavy atom. The quantitative estimate of drug-likeness (QED) is 0.775. The number of rotatable bonds is 5. The average molecular weight is 258 g/mol. The average Bonchev–Trinajstić information content (AvgIpc) is 2.88. The molecule has 0 aliphatic heterocycles. The summed E-state index contributed by atoms with van der Waals surface area (Å²) in [5, 5.41) is 0. The van der Waals surface area contributed by atoms with Crippen molar-refractivity contribution >= 4 is 5.97 Å². The summed E-state index contributed by atoms with van der Waals surface area (Å²) >= 11 is 0. The number of carbonyl (C=O) groups excluding carboxylic acids is 1. The molecule has 2 aromatic rings. The van der Waals surface area contributed by atoms with E-state index in [0.29, 0.717) is 24.6 Å². The lowest BCUT2D eigenvalue weighted by atomic mass is 10.2. The number of carbonyl (C=O) groups is 1. The number of hydrogen-bond acceptors (Lipinski definition) is 3. The highest BCUT2D eigenvalue weighted by Crippen LogP contribution is 2.11. The molecule has 0 unspecified atom stereocenters. The van der Waals surface area contributed by atoms with Crippen LogP contribution in [0, 0.1) is 0 Å². The van der Waals surface area contributed by atoms with Crippen LogP contribution in [-0.4, -0.2) is 22.1 Å². The van der Waals surface area contributed by atoms with Gasteiger partial charge in [-0.25, -0.2) is 9.78 Å². The molecule has 0 spiro atoms. The number of esters is 1. The van der Waals surface area contributed by atoms with E-state index in [1.807, 2.05) is 29.0 Å². The van der Waals surface area contributed by atoms with E-state index in [1.165, 1.54) is 0 Å². The van der Waals surface area contributed by atoms with Crippen LogP contribution in [0.5, 0.6) is 0 Å². The number of nitrogens with zero attached hydrogens (tertiary/aromatic N) is 2.